The molecule has 0 N–H and O–H groups in total. The first-order chi connectivity index (χ1) is 10.3. The minimum Gasteiger partial charge on any atom is -0.496 e. The van der Waals surface area contributed by atoms with Crippen LogP contribution < -0.4 is 9.47 Å². The molecule has 0 unspecified atom stereocenters. The van der Waals surface area contributed by atoms with E-state index in [1.807, 2.05) is 24.3 Å². The Bertz CT molecular complexity index is 760. The molecule has 6 nitrogen and oxygen atoms in total. The van der Waals surface area contributed by atoms with Gasteiger partial charge in [0.2, 0.25) is 0 Å². The Morgan fingerprint density at radius 3 is 2.48 bits per heavy atom. The first kappa shape index (κ1) is 13.4. The van der Waals surface area contributed by atoms with Gasteiger partial charge >= 0.3 is 0 Å². The summed E-state index contributed by atoms with van der Waals surface area (Å²) >= 11 is 0. The summed E-state index contributed by atoms with van der Waals surface area (Å²) in [7, 11) is 3.28. The molecule has 0 aliphatic carbocycles. The highest BCUT2D eigenvalue weighted by molar-refractivity contribution is 5.85. The predicted octanol–water partition coefficient (Wildman–Crippen LogP) is 2.37. The summed E-state index contributed by atoms with van der Waals surface area (Å²) in [5.74, 6) is 1.46. The number of hydrogen-bond acceptors (Lipinski definition) is 5. The Labute approximate surface area is 122 Å². The molecule has 2 aromatic heterocycles. The van der Waals surface area contributed by atoms with Gasteiger partial charge in [-0.05, 0) is 24.6 Å². The van der Waals surface area contributed by atoms with Crippen LogP contribution in [0.3, 0.4) is 0 Å². The maximum absolute atomic E-state index is 5.48. The van der Waals surface area contributed by atoms with Crippen molar-refractivity contribution in [2.24, 2.45) is 0 Å². The molecule has 0 saturated carbocycles. The van der Waals surface area contributed by atoms with Gasteiger partial charge in [-0.15, -0.1) is 10.2 Å². The number of benzene rings is 1. The van der Waals surface area contributed by atoms with Crippen LogP contribution in [0.1, 0.15) is 12.6 Å². The predicted molar refractivity (Wildman–Crippen MR) is 78.7 cm³/mol. The molecule has 21 heavy (non-hydrogen) atoms. The summed E-state index contributed by atoms with van der Waals surface area (Å²) in [6.07, 6.45) is 2.42. The highest BCUT2D eigenvalue weighted by atomic mass is 16.5. The summed E-state index contributed by atoms with van der Waals surface area (Å²) in [6, 6.07) is 7.70. The van der Waals surface area contributed by atoms with Gasteiger partial charge in [0.1, 0.15) is 17.8 Å². The van der Waals surface area contributed by atoms with Gasteiger partial charge in [0.25, 0.3) is 0 Å². The quantitative estimate of drug-likeness (QED) is 0.736. The van der Waals surface area contributed by atoms with Crippen LogP contribution >= 0.6 is 0 Å². The molecule has 0 saturated heterocycles. The lowest BCUT2D eigenvalue weighted by atomic mass is 10.0. The second kappa shape index (κ2) is 5.40. The van der Waals surface area contributed by atoms with E-state index in [1.165, 1.54) is 0 Å². The second-order valence-electron chi connectivity index (χ2n) is 4.54. The third-order valence-corrected chi connectivity index (χ3v) is 3.38. The molecule has 0 aliphatic rings. The number of fused-ring (bicyclic) bond motifs is 1. The molecule has 0 atom stereocenters. The smallest absolute Gasteiger partial charge is 0.185 e. The molecule has 6 heteroatoms. The van der Waals surface area contributed by atoms with Gasteiger partial charge in [-0.1, -0.05) is 13.0 Å². The van der Waals surface area contributed by atoms with Gasteiger partial charge in [0.15, 0.2) is 5.65 Å². The highest BCUT2D eigenvalue weighted by Gasteiger charge is 2.18. The third-order valence-electron chi connectivity index (χ3n) is 3.38. The van der Waals surface area contributed by atoms with E-state index in [2.05, 4.69) is 22.2 Å². The zero-order valence-electron chi connectivity index (χ0n) is 12.2. The Morgan fingerprint density at radius 1 is 1.14 bits per heavy atom. The largest absolute Gasteiger partial charge is 0.496 e. The monoisotopic (exact) mass is 284 g/mol. The van der Waals surface area contributed by atoms with Crippen molar-refractivity contribution in [3.05, 3.63) is 36.3 Å². The van der Waals surface area contributed by atoms with Gasteiger partial charge in [-0.25, -0.2) is 0 Å². The standard InChI is InChI=1S/C15H16N4O2/c1-4-10-8-11(15-17-16-9-19(15)18-10)14-12(20-2)6-5-7-13(14)21-3/h5-9H,4H2,1-3H3. The van der Waals surface area contributed by atoms with Crippen LogP contribution in [-0.4, -0.2) is 34.0 Å². The number of hydrogen-bond donors (Lipinski definition) is 0. The van der Waals surface area contributed by atoms with E-state index in [0.717, 1.165) is 34.7 Å². The van der Waals surface area contributed by atoms with Crippen molar-refractivity contribution >= 4 is 5.65 Å². The number of aromatic nitrogens is 4. The molecule has 108 valence electrons. The van der Waals surface area contributed by atoms with Crippen LogP contribution in [0, 0.1) is 0 Å². The first-order valence-corrected chi connectivity index (χ1v) is 6.69. The van der Waals surface area contributed by atoms with E-state index < -0.39 is 0 Å². The van der Waals surface area contributed by atoms with Crippen molar-refractivity contribution in [2.75, 3.05) is 14.2 Å². The zero-order chi connectivity index (χ0) is 14.8. The summed E-state index contributed by atoms with van der Waals surface area (Å²) in [5.41, 5.74) is 3.38. The molecule has 2 heterocycles. The molecule has 3 rings (SSSR count). The van der Waals surface area contributed by atoms with Crippen LogP contribution in [0.5, 0.6) is 11.5 Å². The molecule has 0 aliphatic heterocycles. The number of rotatable bonds is 4. The molecule has 3 aromatic rings. The molecular weight excluding hydrogens is 268 g/mol. The van der Waals surface area contributed by atoms with E-state index >= 15 is 0 Å². The molecule has 0 radical (unpaired) electrons. The maximum atomic E-state index is 5.48. The van der Waals surface area contributed by atoms with Gasteiger partial charge in [0, 0.05) is 5.56 Å². The van der Waals surface area contributed by atoms with Crippen LogP contribution in [0.4, 0.5) is 0 Å². The Balaban J connectivity index is 2.36. The normalized spacial score (nSPS) is 10.8. The maximum Gasteiger partial charge on any atom is 0.185 e. The van der Waals surface area contributed by atoms with Crippen molar-refractivity contribution in [3.8, 4) is 22.6 Å². The lowest BCUT2D eigenvalue weighted by molar-refractivity contribution is 0.397. The van der Waals surface area contributed by atoms with E-state index in [4.69, 9.17) is 9.47 Å². The molecule has 0 bridgehead atoms. The zero-order valence-corrected chi connectivity index (χ0v) is 12.2. The van der Waals surface area contributed by atoms with E-state index in [1.54, 1.807) is 25.1 Å². The average Bonchev–Trinajstić information content (AvgIpc) is 3.01. The van der Waals surface area contributed by atoms with Gasteiger partial charge < -0.3 is 9.47 Å². The summed E-state index contributed by atoms with van der Waals surface area (Å²) in [4.78, 5) is 0. The summed E-state index contributed by atoms with van der Waals surface area (Å²) in [5, 5.41) is 12.6. The van der Waals surface area contributed by atoms with Gasteiger partial charge in [-0.2, -0.15) is 9.61 Å². The highest BCUT2D eigenvalue weighted by Crippen LogP contribution is 2.39. The summed E-state index contributed by atoms with van der Waals surface area (Å²) < 4.78 is 12.6. The van der Waals surface area contributed by atoms with Crippen LogP contribution in [0.15, 0.2) is 30.6 Å². The molecule has 0 fully saturated rings. The Morgan fingerprint density at radius 2 is 1.86 bits per heavy atom. The Kier molecular flexibility index (Phi) is 3.43. The number of methoxy groups -OCH3 is 2. The van der Waals surface area contributed by atoms with Crippen LogP contribution in [0.25, 0.3) is 16.8 Å². The molecule has 0 spiro atoms. The lowest BCUT2D eigenvalue weighted by Gasteiger charge is -2.14. The van der Waals surface area contributed by atoms with Gasteiger partial charge in [0.05, 0.1) is 25.5 Å². The van der Waals surface area contributed by atoms with Gasteiger partial charge in [-0.3, -0.25) is 0 Å². The minimum atomic E-state index is 0.676. The SMILES string of the molecule is CCc1cc(-c2c(OC)cccc2OC)c2nncn2n1. The van der Waals surface area contributed by atoms with Crippen molar-refractivity contribution in [1.82, 2.24) is 19.8 Å². The lowest BCUT2D eigenvalue weighted by Crippen LogP contribution is -2.01. The van der Waals surface area contributed by atoms with Crippen molar-refractivity contribution in [3.63, 3.8) is 0 Å². The molecular formula is C15H16N4O2. The number of nitrogens with zero attached hydrogens (tertiary/aromatic N) is 4. The second-order valence-corrected chi connectivity index (χ2v) is 4.54. The number of aryl methyl sites for hydroxylation is 1. The van der Waals surface area contributed by atoms with Crippen LogP contribution in [0.2, 0.25) is 0 Å². The van der Waals surface area contributed by atoms with E-state index in [9.17, 15) is 0 Å². The summed E-state index contributed by atoms with van der Waals surface area (Å²) in [6.45, 7) is 2.06. The topological polar surface area (TPSA) is 61.5 Å². The van der Waals surface area contributed by atoms with E-state index in [-0.39, 0.29) is 0 Å². The van der Waals surface area contributed by atoms with Crippen molar-refractivity contribution < 1.29 is 9.47 Å². The Hall–Kier alpha value is -2.63. The number of ether oxygens (including phenoxy) is 2. The fourth-order valence-electron chi connectivity index (χ4n) is 2.35. The fourth-order valence-corrected chi connectivity index (χ4v) is 2.35. The molecule has 1 aromatic carbocycles. The fraction of sp³-hybridized carbons (Fsp3) is 0.267. The van der Waals surface area contributed by atoms with Crippen LogP contribution in [-0.2, 0) is 6.42 Å². The van der Waals surface area contributed by atoms with Crippen molar-refractivity contribution in [1.29, 1.82) is 0 Å². The molecule has 0 amide bonds. The first-order valence-electron chi connectivity index (χ1n) is 6.69. The third kappa shape index (κ3) is 2.18. The average molecular weight is 284 g/mol. The van der Waals surface area contributed by atoms with E-state index in [0.29, 0.717) is 5.65 Å². The minimum absolute atomic E-state index is 0.676. The van der Waals surface area contributed by atoms with Crippen molar-refractivity contribution in [2.45, 2.75) is 13.3 Å².